The Morgan fingerprint density at radius 2 is 1.87 bits per heavy atom. The summed E-state index contributed by atoms with van der Waals surface area (Å²) in [6.45, 7) is 2.84. The van der Waals surface area contributed by atoms with Crippen LogP contribution < -0.4 is 15.0 Å². The number of carbonyl (C=O) groups is 2. The highest BCUT2D eigenvalue weighted by Gasteiger charge is 2.25. The number of nitrogens with zero attached hydrogens (tertiary/aromatic N) is 1. The highest BCUT2D eigenvalue weighted by Crippen LogP contribution is 2.30. The Kier molecular flexibility index (Phi) is 5.98. The van der Waals surface area contributed by atoms with Crippen LogP contribution in [0.2, 0.25) is 0 Å². The molecule has 0 radical (unpaired) electrons. The summed E-state index contributed by atoms with van der Waals surface area (Å²) in [5.74, 6) is -0.178. The summed E-state index contributed by atoms with van der Waals surface area (Å²) in [4.78, 5) is 26.8. The zero-order chi connectivity index (χ0) is 21.8. The van der Waals surface area contributed by atoms with Crippen molar-refractivity contribution < 1.29 is 18.7 Å². The van der Waals surface area contributed by atoms with Gasteiger partial charge in [-0.15, -0.1) is 0 Å². The van der Waals surface area contributed by atoms with Crippen LogP contribution in [0.25, 0.3) is 0 Å². The fourth-order valence-electron chi connectivity index (χ4n) is 3.64. The summed E-state index contributed by atoms with van der Waals surface area (Å²) >= 11 is 0. The maximum Gasteiger partial charge on any atom is 0.258 e. The number of carbonyl (C=O) groups excluding carboxylic acids is 2. The molecule has 0 saturated carbocycles. The molecule has 1 heterocycles. The average Bonchev–Trinajstić information content (AvgIpc) is 3.20. The Balaban J connectivity index is 1.34. The topological polar surface area (TPSA) is 58.6 Å². The van der Waals surface area contributed by atoms with Crippen LogP contribution in [-0.4, -0.2) is 25.0 Å². The van der Waals surface area contributed by atoms with Gasteiger partial charge in [-0.25, -0.2) is 4.39 Å². The standard InChI is InChI=1S/C25H23FN2O3/c1-17-3-2-4-20(13-17)25(30)28-12-11-19-14-18(5-10-23(19)28)15-27-24(29)16-31-22-8-6-21(26)7-9-22/h2-10,13-14H,11-12,15-16H2,1H3,(H,27,29). The molecule has 0 spiro atoms. The first-order chi connectivity index (χ1) is 15.0. The van der Waals surface area contributed by atoms with E-state index in [1.165, 1.54) is 24.3 Å². The normalized spacial score (nSPS) is 12.4. The van der Waals surface area contributed by atoms with Crippen molar-refractivity contribution in [2.24, 2.45) is 0 Å². The van der Waals surface area contributed by atoms with E-state index in [0.29, 0.717) is 24.4 Å². The molecule has 3 aromatic carbocycles. The number of hydrogen-bond donors (Lipinski definition) is 1. The summed E-state index contributed by atoms with van der Waals surface area (Å²) in [5.41, 5.74) is 4.71. The van der Waals surface area contributed by atoms with Crippen molar-refractivity contribution in [1.29, 1.82) is 0 Å². The van der Waals surface area contributed by atoms with Crippen LogP contribution in [0.1, 0.15) is 27.0 Å². The fraction of sp³-hybridized carbons (Fsp3) is 0.200. The van der Waals surface area contributed by atoms with Gasteiger partial charge in [0.25, 0.3) is 11.8 Å². The third-order valence-corrected chi connectivity index (χ3v) is 5.22. The van der Waals surface area contributed by atoms with E-state index in [1.807, 2.05) is 54.3 Å². The van der Waals surface area contributed by atoms with Gasteiger partial charge >= 0.3 is 0 Å². The van der Waals surface area contributed by atoms with Crippen LogP contribution in [0.3, 0.4) is 0 Å². The zero-order valence-electron chi connectivity index (χ0n) is 17.2. The third kappa shape index (κ3) is 4.91. The van der Waals surface area contributed by atoms with E-state index in [2.05, 4.69) is 5.32 Å². The van der Waals surface area contributed by atoms with Crippen molar-refractivity contribution >= 4 is 17.5 Å². The number of aryl methyl sites for hydroxylation is 1. The van der Waals surface area contributed by atoms with E-state index in [4.69, 9.17) is 4.74 Å². The van der Waals surface area contributed by atoms with Crippen molar-refractivity contribution in [2.75, 3.05) is 18.1 Å². The SMILES string of the molecule is Cc1cccc(C(=O)N2CCc3cc(CNC(=O)COc4ccc(F)cc4)ccc32)c1. The summed E-state index contributed by atoms with van der Waals surface area (Å²) in [5, 5.41) is 2.82. The second-order valence-electron chi connectivity index (χ2n) is 7.56. The molecule has 1 aliphatic heterocycles. The van der Waals surface area contributed by atoms with E-state index in [9.17, 15) is 14.0 Å². The minimum absolute atomic E-state index is 0.00134. The molecule has 31 heavy (non-hydrogen) atoms. The second-order valence-corrected chi connectivity index (χ2v) is 7.56. The summed E-state index contributed by atoms with van der Waals surface area (Å²) in [6.07, 6.45) is 0.780. The smallest absolute Gasteiger partial charge is 0.258 e. The predicted molar refractivity (Wildman–Crippen MR) is 117 cm³/mol. The summed E-state index contributed by atoms with van der Waals surface area (Å²) in [7, 11) is 0. The van der Waals surface area contributed by atoms with Crippen molar-refractivity contribution in [3.8, 4) is 5.75 Å². The summed E-state index contributed by atoms with van der Waals surface area (Å²) < 4.78 is 18.3. The molecular weight excluding hydrogens is 395 g/mol. The van der Waals surface area contributed by atoms with Gasteiger partial charge in [0.2, 0.25) is 0 Å². The van der Waals surface area contributed by atoms with E-state index in [0.717, 1.165) is 28.8 Å². The average molecular weight is 418 g/mol. The number of anilines is 1. The van der Waals surface area contributed by atoms with E-state index >= 15 is 0 Å². The van der Waals surface area contributed by atoms with Gasteiger partial charge in [-0.1, -0.05) is 29.8 Å². The number of halogens is 1. The van der Waals surface area contributed by atoms with Gasteiger partial charge in [0.15, 0.2) is 6.61 Å². The molecule has 0 unspecified atom stereocenters. The van der Waals surface area contributed by atoms with Gasteiger partial charge in [0.1, 0.15) is 11.6 Å². The first kappa shape index (κ1) is 20.6. The molecule has 4 rings (SSSR count). The Bertz CT molecular complexity index is 1110. The highest BCUT2D eigenvalue weighted by atomic mass is 19.1. The quantitative estimate of drug-likeness (QED) is 0.658. The maximum atomic E-state index is 12.9. The number of rotatable bonds is 6. The molecule has 1 N–H and O–H groups in total. The number of nitrogens with one attached hydrogen (secondary N) is 1. The molecule has 0 aliphatic carbocycles. The molecule has 5 nitrogen and oxygen atoms in total. The van der Waals surface area contributed by atoms with Crippen LogP contribution in [0.4, 0.5) is 10.1 Å². The minimum Gasteiger partial charge on any atom is -0.484 e. The number of amides is 2. The van der Waals surface area contributed by atoms with Gasteiger partial charge in [0, 0.05) is 24.3 Å². The Morgan fingerprint density at radius 1 is 1.06 bits per heavy atom. The van der Waals surface area contributed by atoms with E-state index in [-0.39, 0.29) is 24.2 Å². The van der Waals surface area contributed by atoms with E-state index < -0.39 is 0 Å². The van der Waals surface area contributed by atoms with E-state index in [1.54, 1.807) is 0 Å². The fourth-order valence-corrected chi connectivity index (χ4v) is 3.64. The largest absolute Gasteiger partial charge is 0.484 e. The molecule has 0 atom stereocenters. The van der Waals surface area contributed by atoms with Crippen LogP contribution in [0, 0.1) is 12.7 Å². The highest BCUT2D eigenvalue weighted by molar-refractivity contribution is 6.07. The number of fused-ring (bicyclic) bond motifs is 1. The maximum absolute atomic E-state index is 12.9. The first-order valence-corrected chi connectivity index (χ1v) is 10.1. The van der Waals surface area contributed by atoms with Crippen LogP contribution in [-0.2, 0) is 17.8 Å². The monoisotopic (exact) mass is 418 g/mol. The van der Waals surface area contributed by atoms with Gasteiger partial charge < -0.3 is 15.0 Å². The van der Waals surface area contributed by atoms with Crippen molar-refractivity contribution in [2.45, 2.75) is 19.9 Å². The summed E-state index contributed by atoms with van der Waals surface area (Å²) in [6, 6.07) is 19.0. The van der Waals surface area contributed by atoms with Crippen LogP contribution in [0.5, 0.6) is 5.75 Å². The molecule has 1 aliphatic rings. The third-order valence-electron chi connectivity index (χ3n) is 5.22. The van der Waals surface area contributed by atoms with Gasteiger partial charge in [-0.2, -0.15) is 0 Å². The lowest BCUT2D eigenvalue weighted by Crippen LogP contribution is -2.29. The van der Waals surface area contributed by atoms with Crippen LogP contribution in [0.15, 0.2) is 66.7 Å². The molecule has 0 bridgehead atoms. The lowest BCUT2D eigenvalue weighted by Gasteiger charge is -2.18. The lowest BCUT2D eigenvalue weighted by atomic mass is 10.1. The lowest BCUT2D eigenvalue weighted by molar-refractivity contribution is -0.123. The molecule has 0 fully saturated rings. The zero-order valence-corrected chi connectivity index (χ0v) is 17.2. The van der Waals surface area contributed by atoms with Gasteiger partial charge in [-0.3, -0.25) is 9.59 Å². The molecule has 158 valence electrons. The molecule has 2 amide bonds. The van der Waals surface area contributed by atoms with Crippen LogP contribution >= 0.6 is 0 Å². The Labute approximate surface area is 180 Å². The second kappa shape index (κ2) is 9.00. The van der Waals surface area contributed by atoms with Crippen molar-refractivity contribution in [3.05, 3.63) is 94.8 Å². The van der Waals surface area contributed by atoms with Gasteiger partial charge in [-0.05, 0) is 66.9 Å². The molecule has 6 heteroatoms. The minimum atomic E-state index is -0.354. The molecular formula is C25H23FN2O3. The Hall–Kier alpha value is -3.67. The predicted octanol–water partition coefficient (Wildman–Crippen LogP) is 4.03. The number of hydrogen-bond acceptors (Lipinski definition) is 3. The van der Waals surface area contributed by atoms with Crippen molar-refractivity contribution in [3.63, 3.8) is 0 Å². The number of ether oxygens (including phenoxy) is 1. The van der Waals surface area contributed by atoms with Gasteiger partial charge in [0.05, 0.1) is 0 Å². The first-order valence-electron chi connectivity index (χ1n) is 10.1. The van der Waals surface area contributed by atoms with Crippen molar-refractivity contribution in [1.82, 2.24) is 5.32 Å². The molecule has 0 aromatic heterocycles. The Morgan fingerprint density at radius 3 is 2.65 bits per heavy atom. The molecule has 0 saturated heterocycles. The number of benzene rings is 3. The molecule has 3 aromatic rings.